The van der Waals surface area contributed by atoms with Crippen LogP contribution in [0.15, 0.2) is 16.9 Å². The quantitative estimate of drug-likeness (QED) is 0.585. The van der Waals surface area contributed by atoms with E-state index in [9.17, 15) is 9.59 Å². The van der Waals surface area contributed by atoms with Crippen LogP contribution in [0.4, 0.5) is 5.69 Å². The van der Waals surface area contributed by atoms with Crippen LogP contribution in [0.1, 0.15) is 6.42 Å². The van der Waals surface area contributed by atoms with Gasteiger partial charge in [0.1, 0.15) is 4.60 Å². The van der Waals surface area contributed by atoms with Crippen molar-refractivity contribution in [3.05, 3.63) is 21.9 Å². The first-order valence-corrected chi connectivity index (χ1v) is 5.38. The number of anilines is 1. The Hall–Kier alpha value is -0.940. The first-order chi connectivity index (χ1) is 7.08. The Morgan fingerprint density at radius 2 is 2.20 bits per heavy atom. The van der Waals surface area contributed by atoms with E-state index in [1.165, 1.54) is 11.1 Å². The number of amides is 1. The monoisotopic (exact) mass is 288 g/mol. The van der Waals surface area contributed by atoms with Gasteiger partial charge >= 0.3 is 0 Å². The van der Waals surface area contributed by atoms with Crippen LogP contribution in [0.3, 0.4) is 0 Å². The van der Waals surface area contributed by atoms with Crippen LogP contribution in [0, 0.1) is 0 Å². The maximum atomic E-state index is 11.5. The van der Waals surface area contributed by atoms with Gasteiger partial charge in [-0.25, -0.2) is 4.98 Å². The second-order valence-electron chi connectivity index (χ2n) is 3.16. The zero-order chi connectivity index (χ0) is 11.0. The molecule has 1 aromatic rings. The van der Waals surface area contributed by atoms with E-state index in [0.717, 1.165) is 0 Å². The average Bonchev–Trinajstić information content (AvgIpc) is 2.50. The van der Waals surface area contributed by atoms with Gasteiger partial charge in [-0.2, -0.15) is 0 Å². The van der Waals surface area contributed by atoms with Crippen molar-refractivity contribution in [2.75, 3.05) is 11.4 Å². The van der Waals surface area contributed by atoms with Crippen molar-refractivity contribution in [1.82, 2.24) is 4.98 Å². The van der Waals surface area contributed by atoms with Crippen molar-refractivity contribution in [3.63, 3.8) is 0 Å². The predicted molar refractivity (Wildman–Crippen MR) is 58.9 cm³/mol. The highest BCUT2D eigenvalue weighted by Crippen LogP contribution is 2.29. The van der Waals surface area contributed by atoms with Gasteiger partial charge in [-0.3, -0.25) is 9.59 Å². The van der Waals surface area contributed by atoms with Crippen LogP contribution in [-0.4, -0.2) is 23.2 Å². The Labute approximate surface area is 99.4 Å². The third-order valence-corrected chi connectivity index (χ3v) is 2.88. The Morgan fingerprint density at radius 3 is 2.80 bits per heavy atom. The number of hydrogen-bond acceptors (Lipinski definition) is 3. The number of carbonyl (C=O) groups excluding carboxylic acids is 2. The van der Waals surface area contributed by atoms with Crippen molar-refractivity contribution < 1.29 is 9.59 Å². The maximum absolute atomic E-state index is 11.5. The van der Waals surface area contributed by atoms with Gasteiger partial charge < -0.3 is 4.90 Å². The molecule has 0 aromatic carbocycles. The fourth-order valence-corrected chi connectivity index (χ4v) is 1.99. The molecule has 0 bridgehead atoms. The molecule has 0 N–H and O–H groups in total. The van der Waals surface area contributed by atoms with Crippen LogP contribution >= 0.6 is 27.5 Å². The Morgan fingerprint density at radius 1 is 1.47 bits per heavy atom. The number of ketones is 1. The topological polar surface area (TPSA) is 50.3 Å². The molecule has 0 unspecified atom stereocenters. The number of carbonyl (C=O) groups is 2. The summed E-state index contributed by atoms with van der Waals surface area (Å²) in [6.45, 7) is 0.0967. The van der Waals surface area contributed by atoms with Crippen LogP contribution in [0.2, 0.25) is 5.02 Å². The minimum absolute atomic E-state index is 0.0427. The summed E-state index contributed by atoms with van der Waals surface area (Å²) in [5.74, 6) is -0.309. The highest BCUT2D eigenvalue weighted by molar-refractivity contribution is 9.10. The minimum atomic E-state index is -0.218. The molecule has 6 heteroatoms. The van der Waals surface area contributed by atoms with Crippen molar-refractivity contribution in [3.8, 4) is 0 Å². The Balaban J connectivity index is 2.41. The Bertz CT molecular complexity index is 450. The number of halogens is 2. The highest BCUT2D eigenvalue weighted by atomic mass is 79.9. The molecule has 4 nitrogen and oxygen atoms in total. The zero-order valence-corrected chi connectivity index (χ0v) is 9.88. The van der Waals surface area contributed by atoms with Gasteiger partial charge in [0.05, 0.1) is 23.7 Å². The van der Waals surface area contributed by atoms with Crippen molar-refractivity contribution >= 4 is 44.9 Å². The molecule has 2 rings (SSSR count). The lowest BCUT2D eigenvalue weighted by Gasteiger charge is -2.15. The molecular formula is C9H6BrClN2O2. The van der Waals surface area contributed by atoms with Crippen molar-refractivity contribution in [2.45, 2.75) is 6.42 Å². The molecule has 1 saturated heterocycles. The lowest BCUT2D eigenvalue weighted by atomic mass is 10.3. The first-order valence-electron chi connectivity index (χ1n) is 4.21. The first kappa shape index (κ1) is 10.6. The summed E-state index contributed by atoms with van der Waals surface area (Å²) in [6, 6.07) is 1.61. The van der Waals surface area contributed by atoms with E-state index < -0.39 is 0 Å². The summed E-state index contributed by atoms with van der Waals surface area (Å²) in [7, 11) is 0. The molecule has 2 heterocycles. The van der Waals surface area contributed by atoms with Crippen LogP contribution < -0.4 is 4.90 Å². The molecule has 78 valence electrons. The fraction of sp³-hybridized carbons (Fsp3) is 0.222. The van der Waals surface area contributed by atoms with Crippen molar-refractivity contribution in [1.29, 1.82) is 0 Å². The van der Waals surface area contributed by atoms with Crippen molar-refractivity contribution in [2.24, 2.45) is 0 Å². The molecular weight excluding hydrogens is 283 g/mol. The van der Waals surface area contributed by atoms with Gasteiger partial charge in [-0.1, -0.05) is 11.6 Å². The van der Waals surface area contributed by atoms with Gasteiger partial charge in [-0.05, 0) is 22.0 Å². The molecule has 1 aliphatic heterocycles. The molecule has 1 amide bonds. The van der Waals surface area contributed by atoms with E-state index >= 15 is 0 Å². The zero-order valence-electron chi connectivity index (χ0n) is 7.54. The molecule has 0 saturated carbocycles. The van der Waals surface area contributed by atoms with Gasteiger partial charge in [0, 0.05) is 6.20 Å². The molecule has 1 fully saturated rings. The second kappa shape index (κ2) is 3.90. The molecule has 0 radical (unpaired) electrons. The molecule has 1 aliphatic rings. The fourth-order valence-electron chi connectivity index (χ4n) is 1.41. The predicted octanol–water partition coefficient (Wildman–Crippen LogP) is 1.80. The number of rotatable bonds is 1. The van der Waals surface area contributed by atoms with E-state index in [1.807, 2.05) is 0 Å². The molecule has 0 atom stereocenters. The number of Topliss-reactive ketones (excluding diaryl/α,β-unsaturated/α-hetero) is 1. The average molecular weight is 290 g/mol. The Kier molecular flexibility index (Phi) is 2.75. The molecule has 1 aromatic heterocycles. The van der Waals surface area contributed by atoms with Gasteiger partial charge in [0.25, 0.3) is 0 Å². The van der Waals surface area contributed by atoms with E-state index in [2.05, 4.69) is 20.9 Å². The summed E-state index contributed by atoms with van der Waals surface area (Å²) < 4.78 is 0.509. The molecule has 0 aliphatic carbocycles. The number of aromatic nitrogens is 1. The molecule has 0 spiro atoms. The number of pyridine rings is 1. The summed E-state index contributed by atoms with van der Waals surface area (Å²) in [5.41, 5.74) is 0.540. The minimum Gasteiger partial charge on any atom is -0.302 e. The summed E-state index contributed by atoms with van der Waals surface area (Å²) in [4.78, 5) is 27.9. The van der Waals surface area contributed by atoms with Gasteiger partial charge in [0.2, 0.25) is 5.91 Å². The summed E-state index contributed by atoms with van der Waals surface area (Å²) in [6.07, 6.45) is 1.43. The number of hydrogen-bond donors (Lipinski definition) is 0. The number of nitrogens with zero attached hydrogens (tertiary/aromatic N) is 2. The SMILES string of the molecule is O=C1CC(=O)N(c2cc(Cl)cnc2Br)C1. The summed E-state index contributed by atoms with van der Waals surface area (Å²) >= 11 is 8.99. The lowest BCUT2D eigenvalue weighted by Crippen LogP contribution is -2.25. The maximum Gasteiger partial charge on any atom is 0.235 e. The van der Waals surface area contributed by atoms with Gasteiger partial charge in [0.15, 0.2) is 5.78 Å². The van der Waals surface area contributed by atoms with Gasteiger partial charge in [-0.15, -0.1) is 0 Å². The van der Waals surface area contributed by atoms with E-state index in [1.54, 1.807) is 6.07 Å². The highest BCUT2D eigenvalue weighted by Gasteiger charge is 2.30. The van der Waals surface area contributed by atoms with E-state index in [-0.39, 0.29) is 24.7 Å². The van der Waals surface area contributed by atoms with Crippen LogP contribution in [0.5, 0.6) is 0 Å². The standard InChI is InChI=1S/C9H6BrClN2O2/c10-9-7(1-5(11)3-12-9)13-4-6(14)2-8(13)15/h1,3H,2,4H2. The summed E-state index contributed by atoms with van der Waals surface area (Å²) in [5, 5.41) is 0.431. The van der Waals surface area contributed by atoms with E-state index in [0.29, 0.717) is 15.3 Å². The van der Waals surface area contributed by atoms with E-state index in [4.69, 9.17) is 11.6 Å². The molecule has 15 heavy (non-hydrogen) atoms. The lowest BCUT2D eigenvalue weighted by molar-refractivity contribution is -0.121. The van der Waals surface area contributed by atoms with Crippen LogP contribution in [-0.2, 0) is 9.59 Å². The smallest absolute Gasteiger partial charge is 0.235 e. The second-order valence-corrected chi connectivity index (χ2v) is 4.35. The largest absolute Gasteiger partial charge is 0.302 e. The third kappa shape index (κ3) is 2.03. The normalized spacial score (nSPS) is 16.3. The third-order valence-electron chi connectivity index (χ3n) is 2.06. The van der Waals surface area contributed by atoms with Crippen LogP contribution in [0.25, 0.3) is 0 Å².